The number of nitrogens with one attached hydrogen (secondary N) is 1. The average molecular weight is 463 g/mol. The number of ether oxygens (including phenoxy) is 3. The zero-order valence-corrected chi connectivity index (χ0v) is 19.8. The highest BCUT2D eigenvalue weighted by atomic mass is 16.5. The first kappa shape index (κ1) is 24.6. The van der Waals surface area contributed by atoms with Crippen LogP contribution in [0.3, 0.4) is 0 Å². The lowest BCUT2D eigenvalue weighted by molar-refractivity contribution is 0.0938. The lowest BCUT2D eigenvalue weighted by atomic mass is 10.1. The average Bonchev–Trinajstić information content (AvgIpc) is 2.82. The summed E-state index contributed by atoms with van der Waals surface area (Å²) in [7, 11) is 1.59. The van der Waals surface area contributed by atoms with Crippen molar-refractivity contribution in [3.8, 4) is 17.2 Å². The Bertz CT molecular complexity index is 1160. The Morgan fingerprint density at radius 2 is 1.68 bits per heavy atom. The minimum atomic E-state index is -0.557. The molecule has 0 heterocycles. The normalized spacial score (nSPS) is 11.6. The van der Waals surface area contributed by atoms with Crippen LogP contribution in [0.4, 0.5) is 0 Å². The van der Waals surface area contributed by atoms with Crippen LogP contribution in [0.2, 0.25) is 0 Å². The SMILES string of the molecule is COc1cc(C(C)NC(=O)c2cccc(COc3ccccc3C(N)=O)c2)ccc1OC(C)C. The Morgan fingerprint density at radius 1 is 0.912 bits per heavy atom. The standard InChI is InChI=1S/C27H30N2O5/c1-17(2)34-24-13-12-20(15-25(24)32-4)18(3)29-27(31)21-9-7-8-19(14-21)16-33-23-11-6-5-10-22(23)26(28)30/h5-15,17-18H,16H2,1-4H3,(H2,28,30)(H,29,31). The van der Waals surface area contributed by atoms with Crippen LogP contribution in [0, 0.1) is 0 Å². The molecule has 0 aromatic heterocycles. The van der Waals surface area contributed by atoms with Crippen molar-refractivity contribution >= 4 is 11.8 Å². The number of amides is 2. The predicted molar refractivity (Wildman–Crippen MR) is 130 cm³/mol. The number of carbonyl (C=O) groups is 2. The number of hydrogen-bond donors (Lipinski definition) is 2. The number of benzene rings is 3. The largest absolute Gasteiger partial charge is 0.493 e. The first-order chi connectivity index (χ1) is 16.3. The molecule has 3 aromatic carbocycles. The third-order valence-corrected chi connectivity index (χ3v) is 5.13. The fraction of sp³-hybridized carbons (Fsp3) is 0.259. The number of para-hydroxylation sites is 1. The molecule has 0 aliphatic carbocycles. The summed E-state index contributed by atoms with van der Waals surface area (Å²) in [6.45, 7) is 6.00. The van der Waals surface area contributed by atoms with Gasteiger partial charge in [0.15, 0.2) is 11.5 Å². The Morgan fingerprint density at radius 3 is 2.38 bits per heavy atom. The fourth-order valence-corrected chi connectivity index (χ4v) is 3.43. The monoisotopic (exact) mass is 462 g/mol. The molecule has 0 fully saturated rings. The number of hydrogen-bond acceptors (Lipinski definition) is 5. The van der Waals surface area contributed by atoms with Gasteiger partial charge >= 0.3 is 0 Å². The van der Waals surface area contributed by atoms with Crippen molar-refractivity contribution in [2.75, 3.05) is 7.11 Å². The summed E-state index contributed by atoms with van der Waals surface area (Å²) in [6, 6.07) is 19.3. The number of rotatable bonds is 10. The van der Waals surface area contributed by atoms with Crippen LogP contribution in [0.1, 0.15) is 58.7 Å². The van der Waals surface area contributed by atoms with E-state index in [1.54, 1.807) is 49.6 Å². The van der Waals surface area contributed by atoms with E-state index in [0.717, 1.165) is 11.1 Å². The van der Waals surface area contributed by atoms with Gasteiger partial charge in [0.25, 0.3) is 11.8 Å². The highest BCUT2D eigenvalue weighted by Gasteiger charge is 2.15. The van der Waals surface area contributed by atoms with Gasteiger partial charge in [0.1, 0.15) is 12.4 Å². The summed E-state index contributed by atoms with van der Waals surface area (Å²) in [4.78, 5) is 24.5. The maximum Gasteiger partial charge on any atom is 0.252 e. The van der Waals surface area contributed by atoms with E-state index in [2.05, 4.69) is 5.32 Å². The quantitative estimate of drug-likeness (QED) is 0.457. The van der Waals surface area contributed by atoms with Gasteiger partial charge in [-0.2, -0.15) is 0 Å². The molecule has 34 heavy (non-hydrogen) atoms. The zero-order valence-electron chi connectivity index (χ0n) is 19.8. The van der Waals surface area contributed by atoms with Gasteiger partial charge in [0.05, 0.1) is 24.8 Å². The molecule has 3 rings (SSSR count). The minimum Gasteiger partial charge on any atom is -0.493 e. The van der Waals surface area contributed by atoms with Crippen LogP contribution in [0.5, 0.6) is 17.2 Å². The van der Waals surface area contributed by atoms with Crippen molar-refractivity contribution in [3.05, 3.63) is 89.0 Å². The smallest absolute Gasteiger partial charge is 0.252 e. The van der Waals surface area contributed by atoms with Crippen LogP contribution >= 0.6 is 0 Å². The second-order valence-corrected chi connectivity index (χ2v) is 8.12. The number of methoxy groups -OCH3 is 1. The minimum absolute atomic E-state index is 0.0254. The predicted octanol–water partition coefficient (Wildman–Crippen LogP) is 4.65. The molecule has 7 heteroatoms. The van der Waals surface area contributed by atoms with E-state index in [9.17, 15) is 9.59 Å². The molecule has 0 bridgehead atoms. The van der Waals surface area contributed by atoms with Crippen LogP contribution in [0.25, 0.3) is 0 Å². The molecule has 0 spiro atoms. The second kappa shape index (κ2) is 11.2. The highest BCUT2D eigenvalue weighted by Crippen LogP contribution is 2.31. The van der Waals surface area contributed by atoms with Gasteiger partial charge in [0, 0.05) is 5.56 Å². The molecule has 3 N–H and O–H groups in total. The molecule has 0 saturated heterocycles. The Kier molecular flexibility index (Phi) is 8.14. The summed E-state index contributed by atoms with van der Waals surface area (Å²) < 4.78 is 17.0. The lowest BCUT2D eigenvalue weighted by Crippen LogP contribution is -2.26. The van der Waals surface area contributed by atoms with Gasteiger partial charge in [0.2, 0.25) is 0 Å². The van der Waals surface area contributed by atoms with Gasteiger partial charge in [-0.3, -0.25) is 9.59 Å². The molecule has 2 amide bonds. The highest BCUT2D eigenvalue weighted by molar-refractivity contribution is 5.95. The van der Waals surface area contributed by atoms with Gasteiger partial charge in [-0.1, -0.05) is 30.3 Å². The van der Waals surface area contributed by atoms with Gasteiger partial charge in [-0.05, 0) is 68.3 Å². The molecular weight excluding hydrogens is 432 g/mol. The number of carbonyl (C=O) groups excluding carboxylic acids is 2. The van der Waals surface area contributed by atoms with E-state index < -0.39 is 5.91 Å². The molecule has 1 unspecified atom stereocenters. The Labute approximate surface area is 199 Å². The van der Waals surface area contributed by atoms with Crippen molar-refractivity contribution in [2.24, 2.45) is 5.73 Å². The molecule has 3 aromatic rings. The molecular formula is C27H30N2O5. The van der Waals surface area contributed by atoms with Crippen molar-refractivity contribution in [3.63, 3.8) is 0 Å². The summed E-state index contributed by atoms with van der Waals surface area (Å²) in [5.74, 6) is 0.900. The summed E-state index contributed by atoms with van der Waals surface area (Å²) in [6.07, 6.45) is 0.0254. The van der Waals surface area contributed by atoms with Gasteiger partial charge in [-0.15, -0.1) is 0 Å². The molecule has 178 valence electrons. The van der Waals surface area contributed by atoms with Crippen molar-refractivity contribution in [1.29, 1.82) is 0 Å². The van der Waals surface area contributed by atoms with Crippen LogP contribution in [-0.4, -0.2) is 25.0 Å². The molecule has 0 saturated carbocycles. The van der Waals surface area contributed by atoms with Crippen LogP contribution < -0.4 is 25.3 Å². The van der Waals surface area contributed by atoms with Crippen molar-refractivity contribution in [1.82, 2.24) is 5.32 Å². The van der Waals surface area contributed by atoms with E-state index in [1.807, 2.05) is 45.0 Å². The Hall–Kier alpha value is -4.00. The maximum atomic E-state index is 12.9. The van der Waals surface area contributed by atoms with Crippen LogP contribution in [-0.2, 0) is 6.61 Å². The van der Waals surface area contributed by atoms with Crippen molar-refractivity contribution in [2.45, 2.75) is 39.5 Å². The number of nitrogens with two attached hydrogens (primary N) is 1. The third kappa shape index (κ3) is 6.28. The van der Waals surface area contributed by atoms with Crippen molar-refractivity contribution < 1.29 is 23.8 Å². The van der Waals surface area contributed by atoms with Crippen LogP contribution in [0.15, 0.2) is 66.7 Å². The third-order valence-electron chi connectivity index (χ3n) is 5.13. The molecule has 0 aliphatic rings. The molecule has 0 radical (unpaired) electrons. The van der Waals surface area contributed by atoms with E-state index in [1.165, 1.54) is 0 Å². The number of primary amides is 1. The first-order valence-electron chi connectivity index (χ1n) is 11.0. The second-order valence-electron chi connectivity index (χ2n) is 8.12. The molecule has 0 aliphatic heterocycles. The van der Waals surface area contributed by atoms with Gasteiger partial charge < -0.3 is 25.3 Å². The van der Waals surface area contributed by atoms with Gasteiger partial charge in [-0.25, -0.2) is 0 Å². The maximum absolute atomic E-state index is 12.9. The van der Waals surface area contributed by atoms with E-state index in [-0.39, 0.29) is 24.7 Å². The zero-order chi connectivity index (χ0) is 24.7. The first-order valence-corrected chi connectivity index (χ1v) is 11.0. The topological polar surface area (TPSA) is 99.9 Å². The van der Waals surface area contributed by atoms with E-state index >= 15 is 0 Å². The Balaban J connectivity index is 1.68. The summed E-state index contributed by atoms with van der Waals surface area (Å²) in [5.41, 5.74) is 7.90. The van der Waals surface area contributed by atoms with E-state index in [4.69, 9.17) is 19.9 Å². The van der Waals surface area contributed by atoms with E-state index in [0.29, 0.717) is 28.4 Å². The lowest BCUT2D eigenvalue weighted by Gasteiger charge is -2.18. The molecule has 7 nitrogen and oxygen atoms in total. The summed E-state index contributed by atoms with van der Waals surface area (Å²) in [5, 5.41) is 3.01. The fourth-order valence-electron chi connectivity index (χ4n) is 3.43. The molecule has 1 atom stereocenters. The summed E-state index contributed by atoms with van der Waals surface area (Å²) >= 11 is 0.